The summed E-state index contributed by atoms with van der Waals surface area (Å²) >= 11 is 0. The number of nitrogens with one attached hydrogen (secondary N) is 1. The normalized spacial score (nSPS) is 19.5. The van der Waals surface area contributed by atoms with Gasteiger partial charge in [-0.1, -0.05) is 0 Å². The number of hydrogen-bond acceptors (Lipinski definition) is 7. The van der Waals surface area contributed by atoms with Crippen LogP contribution in [-0.2, 0) is 0 Å². The molecule has 1 aromatic heterocycles. The Kier molecular flexibility index (Phi) is 3.58. The van der Waals surface area contributed by atoms with Crippen LogP contribution in [0, 0.1) is 0 Å². The monoisotopic (exact) mass is 239 g/mol. The minimum absolute atomic E-state index is 0.285. The van der Waals surface area contributed by atoms with Gasteiger partial charge in [0.05, 0.1) is 13.2 Å². The first kappa shape index (κ1) is 11.8. The van der Waals surface area contributed by atoms with E-state index in [0.717, 1.165) is 19.5 Å². The number of methoxy groups -OCH3 is 1. The summed E-state index contributed by atoms with van der Waals surface area (Å²) in [7, 11) is 1.52. The zero-order chi connectivity index (χ0) is 12.3. The van der Waals surface area contributed by atoms with Crippen molar-refractivity contribution in [1.29, 1.82) is 0 Å². The van der Waals surface area contributed by atoms with E-state index in [2.05, 4.69) is 20.3 Å². The summed E-state index contributed by atoms with van der Waals surface area (Å²) in [5, 5.41) is 12.5. The summed E-state index contributed by atoms with van der Waals surface area (Å²) < 4.78 is 5.04. The highest BCUT2D eigenvalue weighted by molar-refractivity contribution is 5.39. The molecular weight excluding hydrogens is 222 g/mol. The lowest BCUT2D eigenvalue weighted by atomic mass is 10.3. The van der Waals surface area contributed by atoms with Crippen molar-refractivity contribution in [2.75, 3.05) is 37.0 Å². The number of rotatable bonds is 4. The number of anilines is 2. The molecule has 1 aliphatic heterocycles. The fourth-order valence-corrected chi connectivity index (χ4v) is 1.74. The van der Waals surface area contributed by atoms with Crippen LogP contribution in [-0.4, -0.2) is 52.9 Å². The minimum Gasteiger partial charge on any atom is -0.467 e. The predicted octanol–water partition coefficient (Wildman–Crippen LogP) is -0.117. The maximum Gasteiger partial charge on any atom is 0.322 e. The lowest BCUT2D eigenvalue weighted by molar-refractivity contribution is 0.198. The molecule has 0 spiro atoms. The van der Waals surface area contributed by atoms with Crippen molar-refractivity contribution in [3.8, 4) is 6.01 Å². The number of nitrogens with zero attached hydrogens (tertiary/aromatic N) is 4. The SMILES string of the molecule is CCNc1nc(OC)nc(N2CCC(O)C2)n1. The molecule has 1 atom stereocenters. The lowest BCUT2D eigenvalue weighted by Gasteiger charge is -2.16. The molecule has 1 fully saturated rings. The topological polar surface area (TPSA) is 83.4 Å². The summed E-state index contributed by atoms with van der Waals surface area (Å²) in [6, 6.07) is 0.285. The molecule has 1 aliphatic rings. The van der Waals surface area contributed by atoms with Gasteiger partial charge in [0.25, 0.3) is 0 Å². The molecule has 2 rings (SSSR count). The van der Waals surface area contributed by atoms with Crippen molar-refractivity contribution < 1.29 is 9.84 Å². The van der Waals surface area contributed by atoms with E-state index in [9.17, 15) is 5.11 Å². The minimum atomic E-state index is -0.305. The van der Waals surface area contributed by atoms with Gasteiger partial charge in [0.1, 0.15) is 0 Å². The van der Waals surface area contributed by atoms with Crippen LogP contribution in [0.25, 0.3) is 0 Å². The standard InChI is InChI=1S/C10H17N5O2/c1-3-11-8-12-9(14-10(13-8)17-2)15-5-4-7(16)6-15/h7,16H,3-6H2,1-2H3,(H,11,12,13,14). The van der Waals surface area contributed by atoms with Crippen LogP contribution in [0.2, 0.25) is 0 Å². The summed E-state index contributed by atoms with van der Waals surface area (Å²) in [4.78, 5) is 14.5. The van der Waals surface area contributed by atoms with Crippen LogP contribution in [0.1, 0.15) is 13.3 Å². The highest BCUT2D eigenvalue weighted by atomic mass is 16.5. The summed E-state index contributed by atoms with van der Waals surface area (Å²) in [5.41, 5.74) is 0. The summed E-state index contributed by atoms with van der Waals surface area (Å²) in [6.07, 6.45) is 0.435. The molecule has 0 aliphatic carbocycles. The van der Waals surface area contributed by atoms with Crippen LogP contribution in [0.3, 0.4) is 0 Å². The number of aromatic nitrogens is 3. The average molecular weight is 239 g/mol. The van der Waals surface area contributed by atoms with Gasteiger partial charge in [-0.25, -0.2) is 0 Å². The van der Waals surface area contributed by atoms with Gasteiger partial charge < -0.3 is 20.1 Å². The molecule has 2 heterocycles. The molecule has 7 heteroatoms. The Labute approximate surface area is 99.9 Å². The third-order valence-electron chi connectivity index (χ3n) is 2.57. The van der Waals surface area contributed by atoms with E-state index in [-0.39, 0.29) is 12.1 Å². The molecular formula is C10H17N5O2. The third kappa shape index (κ3) is 2.73. The molecule has 0 saturated carbocycles. The van der Waals surface area contributed by atoms with Crippen LogP contribution in [0.5, 0.6) is 6.01 Å². The van der Waals surface area contributed by atoms with Crippen LogP contribution in [0.15, 0.2) is 0 Å². The molecule has 0 radical (unpaired) electrons. The summed E-state index contributed by atoms with van der Waals surface area (Å²) in [5.74, 6) is 1.04. The van der Waals surface area contributed by atoms with E-state index in [1.807, 2.05) is 11.8 Å². The largest absolute Gasteiger partial charge is 0.467 e. The zero-order valence-electron chi connectivity index (χ0n) is 10.1. The van der Waals surface area contributed by atoms with Crippen molar-refractivity contribution in [2.24, 2.45) is 0 Å². The first-order valence-corrected chi connectivity index (χ1v) is 5.70. The van der Waals surface area contributed by atoms with E-state index in [1.54, 1.807) is 0 Å². The van der Waals surface area contributed by atoms with Crippen LogP contribution < -0.4 is 15.0 Å². The molecule has 0 bridgehead atoms. The van der Waals surface area contributed by atoms with E-state index in [0.29, 0.717) is 18.4 Å². The fraction of sp³-hybridized carbons (Fsp3) is 0.700. The van der Waals surface area contributed by atoms with Gasteiger partial charge in [0.15, 0.2) is 0 Å². The smallest absolute Gasteiger partial charge is 0.322 e. The first-order chi connectivity index (χ1) is 8.22. The van der Waals surface area contributed by atoms with E-state index < -0.39 is 0 Å². The Morgan fingerprint density at radius 3 is 2.88 bits per heavy atom. The van der Waals surface area contributed by atoms with E-state index in [1.165, 1.54) is 7.11 Å². The van der Waals surface area contributed by atoms with Crippen molar-refractivity contribution in [3.63, 3.8) is 0 Å². The number of aliphatic hydroxyl groups is 1. The quantitative estimate of drug-likeness (QED) is 0.758. The maximum atomic E-state index is 9.50. The zero-order valence-corrected chi connectivity index (χ0v) is 10.1. The fourth-order valence-electron chi connectivity index (χ4n) is 1.74. The Morgan fingerprint density at radius 1 is 1.47 bits per heavy atom. The molecule has 1 unspecified atom stereocenters. The Balaban J connectivity index is 2.23. The third-order valence-corrected chi connectivity index (χ3v) is 2.57. The first-order valence-electron chi connectivity index (χ1n) is 5.70. The van der Waals surface area contributed by atoms with Crippen molar-refractivity contribution in [2.45, 2.75) is 19.4 Å². The van der Waals surface area contributed by atoms with E-state index >= 15 is 0 Å². The molecule has 2 N–H and O–H groups in total. The van der Waals surface area contributed by atoms with Crippen LogP contribution >= 0.6 is 0 Å². The maximum absolute atomic E-state index is 9.50. The number of ether oxygens (including phenoxy) is 1. The van der Waals surface area contributed by atoms with E-state index in [4.69, 9.17) is 4.74 Å². The molecule has 1 aromatic rings. The van der Waals surface area contributed by atoms with Gasteiger partial charge in [-0.2, -0.15) is 15.0 Å². The van der Waals surface area contributed by atoms with Crippen molar-refractivity contribution >= 4 is 11.9 Å². The highest BCUT2D eigenvalue weighted by Gasteiger charge is 2.23. The Hall–Kier alpha value is -1.63. The number of aliphatic hydroxyl groups excluding tert-OH is 1. The van der Waals surface area contributed by atoms with Gasteiger partial charge in [0.2, 0.25) is 11.9 Å². The molecule has 1 saturated heterocycles. The highest BCUT2D eigenvalue weighted by Crippen LogP contribution is 2.19. The van der Waals surface area contributed by atoms with Gasteiger partial charge >= 0.3 is 6.01 Å². The second-order valence-electron chi connectivity index (χ2n) is 3.86. The summed E-state index contributed by atoms with van der Waals surface area (Å²) in [6.45, 7) is 4.00. The number of β-amino-alcohol motifs (C(OH)–C–C–N with tert-alkyl or cyclic N) is 1. The number of hydrogen-bond donors (Lipinski definition) is 2. The van der Waals surface area contributed by atoms with Crippen molar-refractivity contribution in [1.82, 2.24) is 15.0 Å². The van der Waals surface area contributed by atoms with Crippen molar-refractivity contribution in [3.05, 3.63) is 0 Å². The Bertz CT molecular complexity index is 387. The molecule has 17 heavy (non-hydrogen) atoms. The Morgan fingerprint density at radius 2 is 2.29 bits per heavy atom. The molecule has 7 nitrogen and oxygen atoms in total. The lowest BCUT2D eigenvalue weighted by Crippen LogP contribution is -2.24. The second kappa shape index (κ2) is 5.13. The second-order valence-corrected chi connectivity index (χ2v) is 3.86. The molecule has 0 amide bonds. The van der Waals surface area contributed by atoms with Gasteiger partial charge in [-0.3, -0.25) is 0 Å². The average Bonchev–Trinajstić information content (AvgIpc) is 2.76. The molecule has 0 aromatic carbocycles. The predicted molar refractivity (Wildman–Crippen MR) is 63.4 cm³/mol. The van der Waals surface area contributed by atoms with Gasteiger partial charge in [-0.15, -0.1) is 0 Å². The van der Waals surface area contributed by atoms with Gasteiger partial charge in [0, 0.05) is 19.6 Å². The van der Waals surface area contributed by atoms with Crippen LogP contribution in [0.4, 0.5) is 11.9 Å². The molecule has 94 valence electrons. The van der Waals surface area contributed by atoms with Gasteiger partial charge in [-0.05, 0) is 13.3 Å².